The van der Waals surface area contributed by atoms with Gasteiger partial charge < -0.3 is 10.4 Å². The Morgan fingerprint density at radius 1 is 1.53 bits per heavy atom. The summed E-state index contributed by atoms with van der Waals surface area (Å²) in [6, 6.07) is 5.36. The van der Waals surface area contributed by atoms with Gasteiger partial charge in [0.15, 0.2) is 0 Å². The van der Waals surface area contributed by atoms with Crippen molar-refractivity contribution in [3.8, 4) is 0 Å². The van der Waals surface area contributed by atoms with E-state index in [-0.39, 0.29) is 5.69 Å². The predicted molar refractivity (Wildman–Crippen MR) is 69.1 cm³/mol. The molecule has 1 rings (SSSR count). The predicted octanol–water partition coefficient (Wildman–Crippen LogP) is 2.83. The Kier molecular flexibility index (Phi) is 5.83. The van der Waals surface area contributed by atoms with Gasteiger partial charge in [0.05, 0.1) is 5.69 Å². The molecule has 0 bridgehead atoms. The van der Waals surface area contributed by atoms with Gasteiger partial charge in [-0.25, -0.2) is 9.18 Å². The third kappa shape index (κ3) is 4.65. The van der Waals surface area contributed by atoms with Gasteiger partial charge in [0.2, 0.25) is 0 Å². The van der Waals surface area contributed by atoms with Crippen molar-refractivity contribution in [2.75, 3.05) is 17.3 Å². The van der Waals surface area contributed by atoms with Gasteiger partial charge in [-0.2, -0.15) is 11.8 Å². The normalized spacial score (nSPS) is 12.1. The molecule has 0 aliphatic rings. The first-order valence-corrected chi connectivity index (χ1v) is 6.77. The molecule has 1 aromatic carbocycles. The Bertz CT molecular complexity index is 373. The van der Waals surface area contributed by atoms with E-state index in [4.69, 9.17) is 5.11 Å². The lowest BCUT2D eigenvalue weighted by Gasteiger charge is -2.15. The summed E-state index contributed by atoms with van der Waals surface area (Å²) in [6.45, 7) is 0. The molecule has 0 heterocycles. The summed E-state index contributed by atoms with van der Waals surface area (Å²) < 4.78 is 13.3. The molecule has 5 heteroatoms. The van der Waals surface area contributed by atoms with Crippen LogP contribution in [0.4, 0.5) is 10.1 Å². The van der Waals surface area contributed by atoms with Crippen LogP contribution in [0.1, 0.15) is 12.8 Å². The van der Waals surface area contributed by atoms with Crippen molar-refractivity contribution in [2.24, 2.45) is 0 Å². The van der Waals surface area contributed by atoms with Gasteiger partial charge in [-0.1, -0.05) is 12.1 Å². The lowest BCUT2D eigenvalue weighted by atomic mass is 10.1. The van der Waals surface area contributed by atoms with Crippen LogP contribution in [-0.4, -0.2) is 29.1 Å². The van der Waals surface area contributed by atoms with Crippen molar-refractivity contribution in [2.45, 2.75) is 18.9 Å². The minimum Gasteiger partial charge on any atom is -0.480 e. The quantitative estimate of drug-likeness (QED) is 0.737. The summed E-state index contributed by atoms with van der Waals surface area (Å²) in [5, 5.41) is 11.8. The molecule has 0 aromatic heterocycles. The van der Waals surface area contributed by atoms with E-state index in [2.05, 4.69) is 5.32 Å². The van der Waals surface area contributed by atoms with E-state index in [0.29, 0.717) is 6.42 Å². The zero-order chi connectivity index (χ0) is 12.7. The summed E-state index contributed by atoms with van der Waals surface area (Å²) >= 11 is 1.67. The van der Waals surface area contributed by atoms with Crippen molar-refractivity contribution in [3.63, 3.8) is 0 Å². The van der Waals surface area contributed by atoms with E-state index >= 15 is 0 Å². The van der Waals surface area contributed by atoms with E-state index in [1.54, 1.807) is 30.0 Å². The zero-order valence-corrected chi connectivity index (χ0v) is 10.5. The smallest absolute Gasteiger partial charge is 0.326 e. The maximum atomic E-state index is 13.3. The highest BCUT2D eigenvalue weighted by molar-refractivity contribution is 7.98. The number of carbonyl (C=O) groups is 1. The van der Waals surface area contributed by atoms with Crippen molar-refractivity contribution in [1.82, 2.24) is 0 Å². The Labute approximate surface area is 104 Å². The Morgan fingerprint density at radius 2 is 2.24 bits per heavy atom. The van der Waals surface area contributed by atoms with Gasteiger partial charge in [0.1, 0.15) is 11.9 Å². The standard InChI is InChI=1S/C12H16FNO2S/c1-17-8-4-7-11(12(15)16)14-10-6-3-2-5-9(10)13/h2-3,5-6,11,14H,4,7-8H2,1H3,(H,15,16). The lowest BCUT2D eigenvalue weighted by molar-refractivity contribution is -0.138. The van der Waals surface area contributed by atoms with Crippen LogP contribution >= 0.6 is 11.8 Å². The van der Waals surface area contributed by atoms with Crippen LogP contribution < -0.4 is 5.32 Å². The van der Waals surface area contributed by atoms with Crippen LogP contribution in [0, 0.1) is 5.82 Å². The van der Waals surface area contributed by atoms with Crippen molar-refractivity contribution in [3.05, 3.63) is 30.1 Å². The molecular formula is C12H16FNO2S. The number of halogens is 1. The van der Waals surface area contributed by atoms with E-state index in [9.17, 15) is 9.18 Å². The highest BCUT2D eigenvalue weighted by atomic mass is 32.2. The summed E-state index contributed by atoms with van der Waals surface area (Å²) in [5.74, 6) is -0.471. The Hall–Kier alpha value is -1.23. The van der Waals surface area contributed by atoms with Gasteiger partial charge in [-0.05, 0) is 37.0 Å². The average molecular weight is 257 g/mol. The molecule has 94 valence electrons. The number of nitrogens with one attached hydrogen (secondary N) is 1. The van der Waals surface area contributed by atoms with Gasteiger partial charge in [-0.3, -0.25) is 0 Å². The van der Waals surface area contributed by atoms with Crippen molar-refractivity contribution < 1.29 is 14.3 Å². The molecule has 1 unspecified atom stereocenters. The van der Waals surface area contributed by atoms with E-state index < -0.39 is 17.8 Å². The van der Waals surface area contributed by atoms with Gasteiger partial charge in [0, 0.05) is 0 Å². The largest absolute Gasteiger partial charge is 0.480 e. The SMILES string of the molecule is CSCCCC(Nc1ccccc1F)C(=O)O. The minimum absolute atomic E-state index is 0.240. The van der Waals surface area contributed by atoms with E-state index in [0.717, 1.165) is 12.2 Å². The molecule has 2 N–H and O–H groups in total. The van der Waals surface area contributed by atoms with E-state index in [1.165, 1.54) is 6.07 Å². The number of carboxylic acid groups (broad SMARTS) is 1. The molecule has 0 amide bonds. The van der Waals surface area contributed by atoms with E-state index in [1.807, 2.05) is 6.26 Å². The minimum atomic E-state index is -0.950. The molecule has 3 nitrogen and oxygen atoms in total. The molecule has 0 spiro atoms. The third-order valence-corrected chi connectivity index (χ3v) is 3.04. The van der Waals surface area contributed by atoms with Crippen LogP contribution in [-0.2, 0) is 4.79 Å². The maximum absolute atomic E-state index is 13.3. The molecule has 0 aliphatic carbocycles. The third-order valence-electron chi connectivity index (χ3n) is 2.34. The number of benzene rings is 1. The second-order valence-corrected chi connectivity index (χ2v) is 4.64. The highest BCUT2D eigenvalue weighted by Crippen LogP contribution is 2.16. The van der Waals surface area contributed by atoms with Gasteiger partial charge >= 0.3 is 5.97 Å². The van der Waals surface area contributed by atoms with Crippen molar-refractivity contribution >= 4 is 23.4 Å². The monoisotopic (exact) mass is 257 g/mol. The molecule has 0 saturated heterocycles. The first-order valence-electron chi connectivity index (χ1n) is 5.38. The summed E-state index contributed by atoms with van der Waals surface area (Å²) in [6.07, 6.45) is 3.25. The molecule has 0 saturated carbocycles. The number of anilines is 1. The first kappa shape index (κ1) is 13.8. The number of aliphatic carboxylic acids is 1. The number of carboxylic acids is 1. The second kappa shape index (κ2) is 7.17. The van der Waals surface area contributed by atoms with Crippen LogP contribution in [0.5, 0.6) is 0 Å². The zero-order valence-electron chi connectivity index (χ0n) is 9.65. The second-order valence-electron chi connectivity index (χ2n) is 3.65. The molecule has 17 heavy (non-hydrogen) atoms. The first-order chi connectivity index (χ1) is 8.15. The van der Waals surface area contributed by atoms with Crippen molar-refractivity contribution in [1.29, 1.82) is 0 Å². The molecule has 0 radical (unpaired) electrons. The van der Waals surface area contributed by atoms with Crippen LogP contribution in [0.3, 0.4) is 0 Å². The number of thioether (sulfide) groups is 1. The van der Waals surface area contributed by atoms with Crippen LogP contribution in [0.15, 0.2) is 24.3 Å². The average Bonchev–Trinajstić information content (AvgIpc) is 2.30. The number of rotatable bonds is 7. The van der Waals surface area contributed by atoms with Gasteiger partial charge in [0.25, 0.3) is 0 Å². The Morgan fingerprint density at radius 3 is 2.82 bits per heavy atom. The maximum Gasteiger partial charge on any atom is 0.326 e. The molecule has 0 aliphatic heterocycles. The van der Waals surface area contributed by atoms with Crippen LogP contribution in [0.25, 0.3) is 0 Å². The summed E-state index contributed by atoms with van der Waals surface area (Å²) in [7, 11) is 0. The topological polar surface area (TPSA) is 49.3 Å². The van der Waals surface area contributed by atoms with Crippen LogP contribution in [0.2, 0.25) is 0 Å². The molecular weight excluding hydrogens is 241 g/mol. The van der Waals surface area contributed by atoms with Gasteiger partial charge in [-0.15, -0.1) is 0 Å². The highest BCUT2D eigenvalue weighted by Gasteiger charge is 2.17. The molecule has 1 atom stereocenters. The number of para-hydroxylation sites is 1. The fourth-order valence-corrected chi connectivity index (χ4v) is 1.91. The molecule has 1 aromatic rings. The fourth-order valence-electron chi connectivity index (χ4n) is 1.46. The fraction of sp³-hybridized carbons (Fsp3) is 0.417. The number of hydrogen-bond donors (Lipinski definition) is 2. The Balaban J connectivity index is 2.61. The summed E-state index contributed by atoms with van der Waals surface area (Å²) in [5.41, 5.74) is 0.240. The number of hydrogen-bond acceptors (Lipinski definition) is 3. The molecule has 0 fully saturated rings. The summed E-state index contributed by atoms with van der Waals surface area (Å²) in [4.78, 5) is 11.0. The lowest BCUT2D eigenvalue weighted by Crippen LogP contribution is -2.29.